The van der Waals surface area contributed by atoms with E-state index in [1.807, 2.05) is 35.7 Å². The van der Waals surface area contributed by atoms with Crippen LogP contribution in [0.25, 0.3) is 10.8 Å². The maximum atomic E-state index is 12.3. The first-order valence-electron chi connectivity index (χ1n) is 8.98. The number of fused-ring (bicyclic) bond motifs is 1. The average Bonchev–Trinajstić information content (AvgIpc) is 3.44. The quantitative estimate of drug-likeness (QED) is 0.442. The Morgan fingerprint density at radius 1 is 1.15 bits per heavy atom. The number of aromatic nitrogens is 1. The summed E-state index contributed by atoms with van der Waals surface area (Å²) in [6, 6.07) is 9.69. The summed E-state index contributed by atoms with van der Waals surface area (Å²) in [6.45, 7) is 0.0424. The van der Waals surface area contributed by atoms with Crippen molar-refractivity contribution in [3.8, 4) is 10.8 Å². The molecule has 0 saturated carbocycles. The van der Waals surface area contributed by atoms with Crippen molar-refractivity contribution >= 4 is 23.1 Å². The second kappa shape index (κ2) is 7.88. The molecule has 4 rings (SSSR count). The van der Waals surface area contributed by atoms with Crippen LogP contribution in [0.3, 0.4) is 0 Å². The molecule has 2 aromatic heterocycles. The molecular formula is C21H19NO4S. The van der Waals surface area contributed by atoms with E-state index >= 15 is 0 Å². The lowest BCUT2D eigenvalue weighted by molar-refractivity contribution is -0.145. The van der Waals surface area contributed by atoms with Crippen LogP contribution in [0.4, 0.5) is 0 Å². The van der Waals surface area contributed by atoms with E-state index in [0.717, 1.165) is 24.1 Å². The number of aryl methyl sites for hydroxylation is 2. The van der Waals surface area contributed by atoms with Gasteiger partial charge < -0.3 is 9.15 Å². The molecule has 2 heterocycles. The molecule has 1 aliphatic rings. The predicted octanol–water partition coefficient (Wildman–Crippen LogP) is 4.60. The van der Waals surface area contributed by atoms with Crippen molar-refractivity contribution in [2.45, 2.75) is 38.7 Å². The van der Waals surface area contributed by atoms with Crippen molar-refractivity contribution in [2.75, 3.05) is 0 Å². The van der Waals surface area contributed by atoms with Gasteiger partial charge in [0.2, 0.25) is 5.89 Å². The third-order valence-electron chi connectivity index (χ3n) is 4.64. The number of hydrogen-bond acceptors (Lipinski definition) is 6. The highest BCUT2D eigenvalue weighted by Crippen LogP contribution is 2.24. The minimum absolute atomic E-state index is 0.0249. The highest BCUT2D eigenvalue weighted by Gasteiger charge is 2.16. The van der Waals surface area contributed by atoms with Gasteiger partial charge >= 0.3 is 5.97 Å². The Kier molecular flexibility index (Phi) is 5.16. The van der Waals surface area contributed by atoms with Gasteiger partial charge in [0.15, 0.2) is 5.78 Å². The molecule has 0 spiro atoms. The summed E-state index contributed by atoms with van der Waals surface area (Å²) < 4.78 is 10.6. The Balaban J connectivity index is 1.25. The summed E-state index contributed by atoms with van der Waals surface area (Å²) in [4.78, 5) is 29.5. The van der Waals surface area contributed by atoms with Crippen LogP contribution in [0.15, 0.2) is 46.4 Å². The Hall–Kier alpha value is -2.73. The van der Waals surface area contributed by atoms with Crippen molar-refractivity contribution in [2.24, 2.45) is 0 Å². The van der Waals surface area contributed by atoms with Crippen LogP contribution in [0.2, 0.25) is 0 Å². The number of thiophene rings is 1. The molecular weight excluding hydrogens is 362 g/mol. The number of ketones is 1. The molecule has 0 amide bonds. The van der Waals surface area contributed by atoms with Crippen molar-refractivity contribution in [1.82, 2.24) is 4.98 Å². The van der Waals surface area contributed by atoms with Crippen LogP contribution in [-0.4, -0.2) is 16.7 Å². The van der Waals surface area contributed by atoms with Crippen molar-refractivity contribution in [3.05, 3.63) is 64.4 Å². The summed E-state index contributed by atoms with van der Waals surface area (Å²) in [5, 5.41) is 1.94. The first-order chi connectivity index (χ1) is 13.2. The highest BCUT2D eigenvalue weighted by molar-refractivity contribution is 7.13. The fourth-order valence-corrected chi connectivity index (χ4v) is 3.87. The van der Waals surface area contributed by atoms with Gasteiger partial charge in [-0.3, -0.25) is 9.59 Å². The zero-order valence-corrected chi connectivity index (χ0v) is 15.6. The van der Waals surface area contributed by atoms with E-state index in [0.29, 0.717) is 17.1 Å². The van der Waals surface area contributed by atoms with Gasteiger partial charge in [-0.2, -0.15) is 0 Å². The van der Waals surface area contributed by atoms with E-state index in [2.05, 4.69) is 4.98 Å². The maximum Gasteiger partial charge on any atom is 0.306 e. The molecule has 6 heteroatoms. The number of nitrogens with zero attached hydrogens (tertiary/aromatic N) is 1. The van der Waals surface area contributed by atoms with Gasteiger partial charge in [0.05, 0.1) is 11.3 Å². The van der Waals surface area contributed by atoms with E-state index in [4.69, 9.17) is 9.15 Å². The number of rotatable bonds is 7. The second-order valence-corrected chi connectivity index (χ2v) is 7.49. The molecule has 5 nitrogen and oxygen atoms in total. The molecule has 0 unspecified atom stereocenters. The van der Waals surface area contributed by atoms with E-state index in [9.17, 15) is 9.59 Å². The molecule has 1 aliphatic carbocycles. The highest BCUT2D eigenvalue weighted by atomic mass is 32.1. The molecule has 0 bridgehead atoms. The van der Waals surface area contributed by atoms with E-state index in [1.54, 1.807) is 0 Å². The van der Waals surface area contributed by atoms with Crippen molar-refractivity contribution in [3.63, 3.8) is 0 Å². The number of Topliss-reactive ketones (excluding diaryl/α,β-unsaturated/α-hetero) is 1. The zero-order chi connectivity index (χ0) is 18.6. The fraction of sp³-hybridized carbons (Fsp3) is 0.286. The first-order valence-corrected chi connectivity index (χ1v) is 9.86. The summed E-state index contributed by atoms with van der Waals surface area (Å²) in [5.41, 5.74) is 3.83. The number of carbonyl (C=O) groups excluding carboxylic acids is 2. The summed E-state index contributed by atoms with van der Waals surface area (Å²) in [5.74, 6) is 0.0797. The normalized spacial score (nSPS) is 12.7. The minimum atomic E-state index is -0.412. The Labute approximate surface area is 161 Å². The Morgan fingerprint density at radius 3 is 2.89 bits per heavy atom. The van der Waals surface area contributed by atoms with Crippen LogP contribution >= 0.6 is 11.3 Å². The molecule has 0 fully saturated rings. The fourth-order valence-electron chi connectivity index (χ4n) is 3.22. The summed E-state index contributed by atoms with van der Waals surface area (Å²) >= 11 is 1.53. The molecule has 0 aliphatic heterocycles. The SMILES string of the molecule is O=C(CCC(=O)c1ccc2c(c1)CCC2)OCc1coc(-c2cccs2)n1. The van der Waals surface area contributed by atoms with Crippen molar-refractivity contribution in [1.29, 1.82) is 0 Å². The third-order valence-corrected chi connectivity index (χ3v) is 5.50. The first kappa shape index (κ1) is 17.7. The minimum Gasteiger partial charge on any atom is -0.459 e. The van der Waals surface area contributed by atoms with Gasteiger partial charge in [-0.05, 0) is 47.9 Å². The number of hydrogen-bond donors (Lipinski definition) is 0. The van der Waals surface area contributed by atoms with Gasteiger partial charge in [-0.25, -0.2) is 4.98 Å². The standard InChI is InChI=1S/C21H19NO4S/c23-18(16-7-6-14-3-1-4-15(14)11-16)8-9-20(24)25-12-17-13-26-21(22-17)19-5-2-10-27-19/h2,5-7,10-11,13H,1,3-4,8-9,12H2. The second-order valence-electron chi connectivity index (χ2n) is 6.54. The number of carbonyl (C=O) groups is 2. The lowest BCUT2D eigenvalue weighted by atomic mass is 10.0. The van der Waals surface area contributed by atoms with Crippen LogP contribution < -0.4 is 0 Å². The summed E-state index contributed by atoms with van der Waals surface area (Å²) in [6.07, 6.45) is 4.96. The number of oxazole rings is 1. The maximum absolute atomic E-state index is 12.3. The number of ether oxygens (including phenoxy) is 1. The summed E-state index contributed by atoms with van der Waals surface area (Å²) in [7, 11) is 0. The van der Waals surface area contributed by atoms with E-state index in [-0.39, 0.29) is 25.2 Å². The zero-order valence-electron chi connectivity index (χ0n) is 14.8. The third kappa shape index (κ3) is 4.17. The molecule has 138 valence electrons. The molecule has 3 aromatic rings. The molecule has 0 N–H and O–H groups in total. The van der Waals surface area contributed by atoms with Crippen LogP contribution in [-0.2, 0) is 29.0 Å². The largest absolute Gasteiger partial charge is 0.459 e. The Bertz CT molecular complexity index is 958. The van der Waals surface area contributed by atoms with Crippen LogP contribution in [0.1, 0.15) is 46.4 Å². The predicted molar refractivity (Wildman–Crippen MR) is 102 cm³/mol. The monoisotopic (exact) mass is 381 g/mol. The van der Waals surface area contributed by atoms with Crippen LogP contribution in [0, 0.1) is 0 Å². The molecule has 1 aromatic carbocycles. The molecule has 0 radical (unpaired) electrons. The van der Waals surface area contributed by atoms with Crippen molar-refractivity contribution < 1.29 is 18.7 Å². The van der Waals surface area contributed by atoms with Crippen LogP contribution in [0.5, 0.6) is 0 Å². The van der Waals surface area contributed by atoms with Gasteiger partial charge in [0.1, 0.15) is 18.6 Å². The van der Waals surface area contributed by atoms with Gasteiger partial charge in [0, 0.05) is 12.0 Å². The smallest absolute Gasteiger partial charge is 0.306 e. The van der Waals surface area contributed by atoms with Gasteiger partial charge in [-0.1, -0.05) is 18.2 Å². The topological polar surface area (TPSA) is 69.4 Å². The lowest BCUT2D eigenvalue weighted by Gasteiger charge is -2.05. The molecule has 27 heavy (non-hydrogen) atoms. The average molecular weight is 381 g/mol. The van der Waals surface area contributed by atoms with Gasteiger partial charge in [0.25, 0.3) is 0 Å². The van der Waals surface area contributed by atoms with E-state index < -0.39 is 5.97 Å². The molecule has 0 atom stereocenters. The Morgan fingerprint density at radius 2 is 2.04 bits per heavy atom. The number of benzene rings is 1. The van der Waals surface area contributed by atoms with Gasteiger partial charge in [-0.15, -0.1) is 11.3 Å². The lowest BCUT2D eigenvalue weighted by Crippen LogP contribution is -2.08. The number of esters is 1. The van der Waals surface area contributed by atoms with E-state index in [1.165, 1.54) is 28.7 Å². The molecule has 0 saturated heterocycles.